The van der Waals surface area contributed by atoms with Crippen LogP contribution in [0.3, 0.4) is 0 Å². The predicted molar refractivity (Wildman–Crippen MR) is 77.9 cm³/mol. The van der Waals surface area contributed by atoms with Crippen molar-refractivity contribution < 1.29 is 5.11 Å². The van der Waals surface area contributed by atoms with Crippen LogP contribution in [0.1, 0.15) is 38.7 Å². The van der Waals surface area contributed by atoms with E-state index in [0.717, 1.165) is 43.6 Å². The first-order valence-electron chi connectivity index (χ1n) is 7.15. The molecule has 1 unspecified atom stereocenters. The lowest BCUT2D eigenvalue weighted by atomic mass is 9.88. The van der Waals surface area contributed by atoms with Crippen molar-refractivity contribution in [1.29, 1.82) is 0 Å². The number of nitrogens with two attached hydrogens (primary N) is 1. The molecule has 0 bridgehead atoms. The molecule has 1 aliphatic heterocycles. The first kappa shape index (κ1) is 14.3. The number of hydrogen-bond acceptors (Lipinski definition) is 4. The van der Waals surface area contributed by atoms with Gasteiger partial charge in [0.15, 0.2) is 0 Å². The van der Waals surface area contributed by atoms with Crippen molar-refractivity contribution in [2.24, 2.45) is 0 Å². The van der Waals surface area contributed by atoms with E-state index in [2.05, 4.69) is 23.7 Å². The van der Waals surface area contributed by atoms with Gasteiger partial charge in [-0.25, -0.2) is 0 Å². The van der Waals surface area contributed by atoms with E-state index in [9.17, 15) is 5.11 Å². The van der Waals surface area contributed by atoms with Crippen molar-refractivity contribution >= 4 is 5.69 Å². The number of hydrogen-bond donors (Lipinski definition) is 2. The summed E-state index contributed by atoms with van der Waals surface area (Å²) in [5.41, 5.74) is 7.00. The minimum Gasteiger partial charge on any atom is -0.398 e. The smallest absolute Gasteiger partial charge is 0.0702 e. The average molecular weight is 263 g/mol. The number of likely N-dealkylation sites (tertiary alicyclic amines) is 1. The van der Waals surface area contributed by atoms with Crippen LogP contribution in [0.25, 0.3) is 0 Å². The maximum absolute atomic E-state index is 10.8. The van der Waals surface area contributed by atoms with Gasteiger partial charge in [0.05, 0.1) is 5.60 Å². The summed E-state index contributed by atoms with van der Waals surface area (Å²) in [7, 11) is 0. The third-order valence-electron chi connectivity index (χ3n) is 4.14. The van der Waals surface area contributed by atoms with E-state index in [1.165, 1.54) is 0 Å². The van der Waals surface area contributed by atoms with E-state index in [1.807, 2.05) is 0 Å². The van der Waals surface area contributed by atoms with Gasteiger partial charge in [0.1, 0.15) is 0 Å². The highest BCUT2D eigenvalue weighted by Gasteiger charge is 2.31. The second-order valence-corrected chi connectivity index (χ2v) is 5.96. The summed E-state index contributed by atoms with van der Waals surface area (Å²) in [4.78, 5) is 6.54. The molecule has 4 nitrogen and oxygen atoms in total. The van der Waals surface area contributed by atoms with Gasteiger partial charge in [0.2, 0.25) is 0 Å². The molecular formula is C15H25N3O. The van der Waals surface area contributed by atoms with E-state index < -0.39 is 5.60 Å². The van der Waals surface area contributed by atoms with Crippen molar-refractivity contribution in [3.05, 3.63) is 24.0 Å². The summed E-state index contributed by atoms with van der Waals surface area (Å²) in [6.45, 7) is 6.45. The van der Waals surface area contributed by atoms with Crippen LogP contribution < -0.4 is 5.73 Å². The fourth-order valence-corrected chi connectivity index (χ4v) is 2.83. The topological polar surface area (TPSA) is 62.4 Å². The zero-order valence-corrected chi connectivity index (χ0v) is 12.0. The lowest BCUT2D eigenvalue weighted by Gasteiger charge is -2.28. The zero-order chi connectivity index (χ0) is 13.9. The number of nitrogens with zero attached hydrogens (tertiary/aromatic N) is 2. The van der Waals surface area contributed by atoms with E-state index in [4.69, 9.17) is 5.73 Å². The van der Waals surface area contributed by atoms with Crippen LogP contribution in [-0.2, 0) is 6.42 Å². The molecular weight excluding hydrogens is 238 g/mol. The van der Waals surface area contributed by atoms with Crippen molar-refractivity contribution in [3.8, 4) is 0 Å². The van der Waals surface area contributed by atoms with Crippen LogP contribution >= 0.6 is 0 Å². The van der Waals surface area contributed by atoms with Crippen molar-refractivity contribution in [2.75, 3.05) is 18.8 Å². The quantitative estimate of drug-likeness (QED) is 0.873. The van der Waals surface area contributed by atoms with E-state index >= 15 is 0 Å². The second kappa shape index (κ2) is 5.88. The standard InChI is InChI=1S/C15H25N3O/c1-12(2)18-8-3-5-15(19,6-9-18)10-13-11-17-7-4-14(13)16/h4,7,11-12,19H,3,5-6,8-10H2,1-2H3,(H2,16,17). The Morgan fingerprint density at radius 2 is 2.21 bits per heavy atom. The Bertz CT molecular complexity index is 422. The molecule has 19 heavy (non-hydrogen) atoms. The highest BCUT2D eigenvalue weighted by Crippen LogP contribution is 2.28. The van der Waals surface area contributed by atoms with Crippen molar-refractivity contribution in [3.63, 3.8) is 0 Å². The van der Waals surface area contributed by atoms with Gasteiger partial charge in [0, 0.05) is 37.1 Å². The molecule has 3 N–H and O–H groups in total. The number of nitrogen functional groups attached to an aromatic ring is 1. The Labute approximate surface area is 115 Å². The molecule has 0 spiro atoms. The Hall–Kier alpha value is -1.13. The molecule has 1 atom stereocenters. The third-order valence-corrected chi connectivity index (χ3v) is 4.14. The molecule has 1 aromatic heterocycles. The van der Waals surface area contributed by atoms with Gasteiger partial charge >= 0.3 is 0 Å². The average Bonchev–Trinajstić information content (AvgIpc) is 2.55. The Morgan fingerprint density at radius 1 is 1.42 bits per heavy atom. The maximum Gasteiger partial charge on any atom is 0.0702 e. The molecule has 1 fully saturated rings. The maximum atomic E-state index is 10.8. The fraction of sp³-hybridized carbons (Fsp3) is 0.667. The first-order chi connectivity index (χ1) is 9.00. The normalized spacial score (nSPS) is 25.5. The molecule has 1 saturated heterocycles. The van der Waals surface area contributed by atoms with Gasteiger partial charge in [-0.05, 0) is 51.3 Å². The van der Waals surface area contributed by atoms with Crippen LogP contribution in [0.4, 0.5) is 5.69 Å². The summed E-state index contributed by atoms with van der Waals surface area (Å²) in [5.74, 6) is 0. The molecule has 0 aromatic carbocycles. The van der Waals surface area contributed by atoms with Crippen LogP contribution in [0.15, 0.2) is 18.5 Å². The molecule has 1 aliphatic rings. The molecule has 106 valence electrons. The molecule has 0 aliphatic carbocycles. The molecule has 0 saturated carbocycles. The molecule has 2 rings (SSSR count). The first-order valence-corrected chi connectivity index (χ1v) is 7.15. The number of rotatable bonds is 3. The second-order valence-electron chi connectivity index (χ2n) is 5.96. The van der Waals surface area contributed by atoms with Gasteiger partial charge in [-0.1, -0.05) is 0 Å². The lowest BCUT2D eigenvalue weighted by Crippen LogP contribution is -2.35. The van der Waals surface area contributed by atoms with E-state index in [1.54, 1.807) is 18.5 Å². The molecule has 0 amide bonds. The Balaban J connectivity index is 2.05. The lowest BCUT2D eigenvalue weighted by molar-refractivity contribution is 0.0249. The van der Waals surface area contributed by atoms with Gasteiger partial charge in [0.25, 0.3) is 0 Å². The monoisotopic (exact) mass is 263 g/mol. The van der Waals surface area contributed by atoms with Crippen LogP contribution in [0.5, 0.6) is 0 Å². The van der Waals surface area contributed by atoms with Gasteiger partial charge < -0.3 is 15.7 Å². The van der Waals surface area contributed by atoms with Crippen LogP contribution in [0, 0.1) is 0 Å². The van der Waals surface area contributed by atoms with E-state index in [-0.39, 0.29) is 0 Å². The predicted octanol–water partition coefficient (Wildman–Crippen LogP) is 1.83. The van der Waals surface area contributed by atoms with E-state index in [0.29, 0.717) is 12.5 Å². The van der Waals surface area contributed by atoms with Crippen LogP contribution in [0.2, 0.25) is 0 Å². The van der Waals surface area contributed by atoms with Gasteiger partial charge in [-0.3, -0.25) is 4.98 Å². The van der Waals surface area contributed by atoms with Crippen molar-refractivity contribution in [2.45, 2.75) is 51.2 Å². The zero-order valence-electron chi connectivity index (χ0n) is 12.0. The molecule has 0 radical (unpaired) electrons. The van der Waals surface area contributed by atoms with Crippen molar-refractivity contribution in [1.82, 2.24) is 9.88 Å². The molecule has 1 aromatic rings. The summed E-state index contributed by atoms with van der Waals surface area (Å²) < 4.78 is 0. The SMILES string of the molecule is CC(C)N1CCCC(O)(Cc2cnccc2N)CC1. The highest BCUT2D eigenvalue weighted by atomic mass is 16.3. The number of aromatic nitrogens is 1. The minimum atomic E-state index is -0.638. The van der Waals surface area contributed by atoms with Gasteiger partial charge in [-0.15, -0.1) is 0 Å². The largest absolute Gasteiger partial charge is 0.398 e. The number of aliphatic hydroxyl groups is 1. The summed E-state index contributed by atoms with van der Waals surface area (Å²) in [5, 5.41) is 10.8. The Kier molecular flexibility index (Phi) is 4.42. The summed E-state index contributed by atoms with van der Waals surface area (Å²) in [6, 6.07) is 2.35. The summed E-state index contributed by atoms with van der Waals surface area (Å²) in [6.07, 6.45) is 6.76. The summed E-state index contributed by atoms with van der Waals surface area (Å²) >= 11 is 0. The van der Waals surface area contributed by atoms with Crippen LogP contribution in [-0.4, -0.2) is 39.7 Å². The highest BCUT2D eigenvalue weighted by molar-refractivity contribution is 5.45. The van der Waals surface area contributed by atoms with Gasteiger partial charge in [-0.2, -0.15) is 0 Å². The number of anilines is 1. The fourth-order valence-electron chi connectivity index (χ4n) is 2.83. The molecule has 4 heteroatoms. The molecule has 2 heterocycles. The third kappa shape index (κ3) is 3.67. The Morgan fingerprint density at radius 3 is 2.89 bits per heavy atom. The minimum absolute atomic E-state index is 0.547. The number of pyridine rings is 1.